The van der Waals surface area contributed by atoms with E-state index < -0.39 is 47.0 Å². The molecule has 4 amide bonds. The van der Waals surface area contributed by atoms with Crippen molar-refractivity contribution >= 4 is 40.9 Å². The molecule has 5 rings (SSSR count). The van der Waals surface area contributed by atoms with E-state index in [4.69, 9.17) is 17.3 Å². The Balaban J connectivity index is 1.55. The average Bonchev–Trinajstić information content (AvgIpc) is 3.33. The van der Waals surface area contributed by atoms with Crippen LogP contribution in [0, 0.1) is 11.8 Å². The molecule has 1 spiro atoms. The van der Waals surface area contributed by atoms with Crippen LogP contribution in [0.4, 0.5) is 5.69 Å². The van der Waals surface area contributed by atoms with Gasteiger partial charge in [-0.05, 0) is 18.1 Å². The molecule has 164 valence electrons. The van der Waals surface area contributed by atoms with E-state index in [-0.39, 0.29) is 13.0 Å². The Kier molecular flexibility index (Phi) is 4.79. The van der Waals surface area contributed by atoms with E-state index in [1.54, 1.807) is 18.2 Å². The van der Waals surface area contributed by atoms with Gasteiger partial charge in [-0.2, -0.15) is 0 Å². The van der Waals surface area contributed by atoms with Gasteiger partial charge in [0.25, 0.3) is 0 Å². The minimum Gasteiger partial charge on any atom is -0.370 e. The number of nitrogens with zero attached hydrogens (tertiary/aromatic N) is 1. The third-order valence-corrected chi connectivity index (χ3v) is 6.99. The number of primary amides is 1. The number of carbonyl (C=O) groups excluding carboxylic acids is 4. The van der Waals surface area contributed by atoms with Crippen molar-refractivity contribution in [2.24, 2.45) is 17.6 Å². The van der Waals surface area contributed by atoms with Crippen LogP contribution in [0.25, 0.3) is 0 Å². The Bertz CT molecular complexity index is 1150. The fourth-order valence-corrected chi connectivity index (χ4v) is 5.57. The average molecular weight is 453 g/mol. The normalized spacial score (nSPS) is 28.2. The Labute approximate surface area is 189 Å². The summed E-state index contributed by atoms with van der Waals surface area (Å²) < 4.78 is 0. The number of nitrogens with two attached hydrogens (primary N) is 1. The number of rotatable bonds is 5. The molecule has 0 saturated carbocycles. The lowest BCUT2D eigenvalue weighted by molar-refractivity contribution is -0.142. The summed E-state index contributed by atoms with van der Waals surface area (Å²) >= 11 is 6.29. The van der Waals surface area contributed by atoms with Gasteiger partial charge < -0.3 is 11.1 Å². The van der Waals surface area contributed by atoms with Crippen molar-refractivity contribution in [2.75, 3.05) is 11.9 Å². The maximum atomic E-state index is 13.6. The molecule has 3 heterocycles. The van der Waals surface area contributed by atoms with Gasteiger partial charge in [0.1, 0.15) is 5.54 Å². The molecule has 0 radical (unpaired) electrons. The largest absolute Gasteiger partial charge is 0.370 e. The monoisotopic (exact) mass is 452 g/mol. The lowest BCUT2D eigenvalue weighted by Crippen LogP contribution is -2.53. The van der Waals surface area contributed by atoms with Crippen LogP contribution in [0.3, 0.4) is 0 Å². The molecule has 4 N–H and O–H groups in total. The van der Waals surface area contributed by atoms with Crippen LogP contribution in [0.1, 0.15) is 17.5 Å². The topological polar surface area (TPSA) is 122 Å². The number of benzene rings is 2. The summed E-state index contributed by atoms with van der Waals surface area (Å²) in [7, 11) is 0. The number of anilines is 1. The zero-order valence-corrected chi connectivity index (χ0v) is 17.8. The molecule has 4 atom stereocenters. The number of amides is 4. The summed E-state index contributed by atoms with van der Waals surface area (Å²) in [6.45, 7) is 0.193. The maximum Gasteiger partial charge on any atom is 0.250 e. The zero-order chi connectivity index (χ0) is 22.6. The quantitative estimate of drug-likeness (QED) is 0.588. The first-order chi connectivity index (χ1) is 15.3. The van der Waals surface area contributed by atoms with E-state index in [0.29, 0.717) is 22.7 Å². The van der Waals surface area contributed by atoms with Crippen LogP contribution in [0.2, 0.25) is 5.02 Å². The fourth-order valence-electron chi connectivity index (χ4n) is 5.35. The summed E-state index contributed by atoms with van der Waals surface area (Å²) in [4.78, 5) is 53.2. The van der Waals surface area contributed by atoms with Gasteiger partial charge in [-0.15, -0.1) is 0 Å². The Morgan fingerprint density at radius 3 is 2.53 bits per heavy atom. The lowest BCUT2D eigenvalue weighted by Gasteiger charge is -2.29. The third kappa shape index (κ3) is 2.87. The number of para-hydroxylation sites is 1. The summed E-state index contributed by atoms with van der Waals surface area (Å²) in [5, 5.41) is 6.24. The van der Waals surface area contributed by atoms with Crippen molar-refractivity contribution in [3.05, 3.63) is 64.7 Å². The molecule has 2 fully saturated rings. The predicted molar refractivity (Wildman–Crippen MR) is 116 cm³/mol. The van der Waals surface area contributed by atoms with E-state index >= 15 is 0 Å². The molecule has 0 aromatic heterocycles. The van der Waals surface area contributed by atoms with Gasteiger partial charge in [0.15, 0.2) is 0 Å². The van der Waals surface area contributed by atoms with Crippen LogP contribution in [0.5, 0.6) is 0 Å². The molecular formula is C23H21ClN4O4. The van der Waals surface area contributed by atoms with Crippen LogP contribution in [-0.4, -0.2) is 41.1 Å². The van der Waals surface area contributed by atoms with E-state index in [9.17, 15) is 19.2 Å². The van der Waals surface area contributed by atoms with Gasteiger partial charge in [-0.25, -0.2) is 0 Å². The van der Waals surface area contributed by atoms with Crippen LogP contribution in [-0.2, 0) is 31.1 Å². The Morgan fingerprint density at radius 2 is 1.81 bits per heavy atom. The fraction of sp³-hybridized carbons (Fsp3) is 0.304. The Hall–Kier alpha value is -3.23. The highest BCUT2D eigenvalue weighted by molar-refractivity contribution is 6.35. The number of fused-ring (bicyclic) bond motifs is 4. The first-order valence-electron chi connectivity index (χ1n) is 10.4. The number of nitrogens with one attached hydrogen (secondary N) is 2. The third-order valence-electron chi connectivity index (χ3n) is 6.68. The molecule has 3 aliphatic rings. The highest BCUT2D eigenvalue weighted by Crippen LogP contribution is 2.54. The maximum absolute atomic E-state index is 13.6. The van der Waals surface area contributed by atoms with E-state index in [0.717, 1.165) is 5.56 Å². The van der Waals surface area contributed by atoms with E-state index in [1.165, 1.54) is 4.90 Å². The smallest absolute Gasteiger partial charge is 0.250 e. The zero-order valence-electron chi connectivity index (χ0n) is 17.0. The van der Waals surface area contributed by atoms with Crippen LogP contribution < -0.4 is 16.4 Å². The van der Waals surface area contributed by atoms with Crippen LogP contribution in [0.15, 0.2) is 48.5 Å². The highest BCUT2D eigenvalue weighted by Gasteiger charge is 2.70. The van der Waals surface area contributed by atoms with Crippen molar-refractivity contribution in [3.63, 3.8) is 0 Å². The molecule has 9 heteroatoms. The summed E-state index contributed by atoms with van der Waals surface area (Å²) in [5.74, 6) is -3.77. The number of likely N-dealkylation sites (tertiary alicyclic amines) is 1. The molecule has 3 aliphatic heterocycles. The minimum atomic E-state index is -1.49. The van der Waals surface area contributed by atoms with Crippen molar-refractivity contribution < 1.29 is 19.2 Å². The number of halogens is 1. The second kappa shape index (κ2) is 7.43. The molecular weight excluding hydrogens is 432 g/mol. The second-order valence-electron chi connectivity index (χ2n) is 8.41. The van der Waals surface area contributed by atoms with Crippen molar-refractivity contribution in [3.8, 4) is 0 Å². The second-order valence-corrected chi connectivity index (χ2v) is 8.82. The van der Waals surface area contributed by atoms with Crippen molar-refractivity contribution in [2.45, 2.75) is 24.4 Å². The van der Waals surface area contributed by atoms with E-state index in [1.807, 2.05) is 30.3 Å². The molecule has 0 aliphatic carbocycles. The molecule has 2 saturated heterocycles. The van der Waals surface area contributed by atoms with Crippen molar-refractivity contribution in [1.29, 1.82) is 0 Å². The molecule has 32 heavy (non-hydrogen) atoms. The first-order valence-corrected chi connectivity index (χ1v) is 10.8. The highest BCUT2D eigenvalue weighted by atomic mass is 35.5. The predicted octanol–water partition coefficient (Wildman–Crippen LogP) is 1.18. The van der Waals surface area contributed by atoms with Crippen LogP contribution >= 0.6 is 11.6 Å². The Morgan fingerprint density at radius 1 is 1.06 bits per heavy atom. The number of hydrogen-bond acceptors (Lipinski definition) is 5. The van der Waals surface area contributed by atoms with Gasteiger partial charge in [-0.1, -0.05) is 54.1 Å². The van der Waals surface area contributed by atoms with E-state index in [2.05, 4.69) is 10.6 Å². The van der Waals surface area contributed by atoms with Gasteiger partial charge in [0.05, 0.1) is 22.5 Å². The molecule has 0 unspecified atom stereocenters. The number of imide groups is 1. The first kappa shape index (κ1) is 20.7. The van der Waals surface area contributed by atoms with Gasteiger partial charge in [0, 0.05) is 24.6 Å². The van der Waals surface area contributed by atoms with Crippen molar-refractivity contribution in [1.82, 2.24) is 10.2 Å². The standard InChI is InChI=1S/C23H21ClN4O4/c24-14-8-4-7-13-19(14)26-22(32)23(13)18-17(15(27-23)11-16(25)29)20(30)28(21(18)31)10-9-12-5-2-1-3-6-12/h1-8,15,17-18,27H,9-11H2,(H2,25,29)(H,26,32)/t15-,17-,18+,23-/m1/s1. The molecule has 8 nitrogen and oxygen atoms in total. The molecule has 0 bridgehead atoms. The SMILES string of the molecule is NC(=O)C[C@H]1N[C@@]2(C(=O)Nc3c(Cl)cccc32)[C@@H]2C(=O)N(CCc3ccccc3)C(=O)[C@@H]21. The van der Waals surface area contributed by atoms with Gasteiger partial charge >= 0.3 is 0 Å². The summed E-state index contributed by atoms with van der Waals surface area (Å²) in [6, 6.07) is 13.8. The minimum absolute atomic E-state index is 0.169. The van der Waals surface area contributed by atoms with Gasteiger partial charge in [-0.3, -0.25) is 29.4 Å². The van der Waals surface area contributed by atoms with Gasteiger partial charge in [0.2, 0.25) is 23.6 Å². The molecule has 2 aromatic rings. The summed E-state index contributed by atoms with van der Waals surface area (Å²) in [6.07, 6.45) is 0.324. The molecule has 2 aromatic carbocycles. The summed E-state index contributed by atoms with van der Waals surface area (Å²) in [5.41, 5.74) is 5.85. The number of carbonyl (C=O) groups is 4. The lowest BCUT2D eigenvalue weighted by atomic mass is 9.76. The number of hydrogen-bond donors (Lipinski definition) is 3.